The first kappa shape index (κ1) is 29.7. The van der Waals surface area contributed by atoms with Gasteiger partial charge in [-0.15, -0.1) is 0 Å². The van der Waals surface area contributed by atoms with E-state index in [1.54, 1.807) is 6.33 Å². The molecular formula is C29H23F5N8O3. The summed E-state index contributed by atoms with van der Waals surface area (Å²) in [5.74, 6) is -3.15. The molecule has 0 atom stereocenters. The van der Waals surface area contributed by atoms with Gasteiger partial charge in [-0.1, -0.05) is 36.4 Å². The van der Waals surface area contributed by atoms with Crippen molar-refractivity contribution in [3.05, 3.63) is 78.4 Å². The van der Waals surface area contributed by atoms with Crippen molar-refractivity contribution in [2.24, 2.45) is 0 Å². The van der Waals surface area contributed by atoms with Gasteiger partial charge in [0.1, 0.15) is 17.7 Å². The van der Waals surface area contributed by atoms with E-state index in [1.807, 2.05) is 28.8 Å². The van der Waals surface area contributed by atoms with Gasteiger partial charge in [0, 0.05) is 18.5 Å². The number of carboxylic acid groups (broad SMARTS) is 1. The van der Waals surface area contributed by atoms with Crippen LogP contribution in [0.1, 0.15) is 5.82 Å². The Hall–Kier alpha value is -5.38. The summed E-state index contributed by atoms with van der Waals surface area (Å²) < 4.78 is 67.1. The molecule has 232 valence electrons. The third-order valence-corrected chi connectivity index (χ3v) is 6.96. The normalized spacial score (nSPS) is 13.7. The molecule has 1 aliphatic heterocycles. The van der Waals surface area contributed by atoms with Crippen LogP contribution in [-0.4, -0.2) is 73.0 Å². The highest BCUT2D eigenvalue weighted by atomic mass is 19.4. The molecule has 3 aromatic heterocycles. The summed E-state index contributed by atoms with van der Waals surface area (Å²) in [6.07, 6.45) is -3.34. The number of aromatic nitrogens is 6. The average molecular weight is 627 g/mol. The first-order valence-corrected chi connectivity index (χ1v) is 13.5. The fraction of sp³-hybridized carbons (Fsp3) is 0.207. The molecule has 0 spiro atoms. The van der Waals surface area contributed by atoms with Gasteiger partial charge in [-0.3, -0.25) is 4.57 Å². The Labute approximate surface area is 250 Å². The maximum Gasteiger partial charge on any atom is 0.490 e. The number of rotatable bonds is 5. The van der Waals surface area contributed by atoms with Crippen LogP contribution in [0.3, 0.4) is 0 Å². The number of alkyl halides is 3. The minimum absolute atomic E-state index is 0.0381. The maximum atomic E-state index is 14.2. The highest BCUT2D eigenvalue weighted by molar-refractivity contribution is 5.93. The molecule has 0 saturated carbocycles. The number of halogens is 5. The van der Waals surface area contributed by atoms with Crippen molar-refractivity contribution >= 4 is 50.7 Å². The molecular weight excluding hydrogens is 603 g/mol. The largest absolute Gasteiger partial charge is 0.490 e. The Bertz CT molecular complexity index is 2020. The molecule has 0 unspecified atom stereocenters. The van der Waals surface area contributed by atoms with E-state index >= 15 is 0 Å². The second-order valence-electron chi connectivity index (χ2n) is 9.85. The minimum atomic E-state index is -5.08. The Morgan fingerprint density at radius 3 is 2.47 bits per heavy atom. The number of imidazole rings is 2. The summed E-state index contributed by atoms with van der Waals surface area (Å²) in [5, 5.41) is 12.6. The molecule has 3 N–H and O–H groups in total. The first-order chi connectivity index (χ1) is 21.6. The van der Waals surface area contributed by atoms with Gasteiger partial charge in [-0.2, -0.15) is 23.1 Å². The number of nitrogens with one attached hydrogen (secondary N) is 2. The quantitative estimate of drug-likeness (QED) is 0.221. The lowest BCUT2D eigenvalue weighted by molar-refractivity contribution is -0.192. The number of ether oxygens (including phenoxy) is 1. The molecule has 1 aliphatic rings. The van der Waals surface area contributed by atoms with E-state index in [0.717, 1.165) is 22.5 Å². The Balaban J connectivity index is 0.000000460. The topological polar surface area (TPSA) is 134 Å². The van der Waals surface area contributed by atoms with Crippen molar-refractivity contribution in [1.29, 1.82) is 0 Å². The minimum Gasteiger partial charge on any atom is -0.475 e. The number of carbonyl (C=O) groups is 1. The van der Waals surface area contributed by atoms with Crippen molar-refractivity contribution in [2.75, 3.05) is 36.5 Å². The Morgan fingerprint density at radius 2 is 1.71 bits per heavy atom. The number of hydrogen-bond donors (Lipinski definition) is 3. The van der Waals surface area contributed by atoms with Crippen molar-refractivity contribution in [1.82, 2.24) is 29.5 Å². The number of aromatic amines is 1. The summed E-state index contributed by atoms with van der Waals surface area (Å²) in [5.41, 5.74) is 2.57. The Morgan fingerprint density at radius 1 is 0.978 bits per heavy atom. The van der Waals surface area contributed by atoms with Crippen LogP contribution in [0, 0.1) is 11.6 Å². The van der Waals surface area contributed by atoms with E-state index in [0.29, 0.717) is 60.6 Å². The molecule has 4 heterocycles. The average Bonchev–Trinajstić information content (AvgIpc) is 3.66. The number of anilines is 2. The van der Waals surface area contributed by atoms with E-state index < -0.39 is 23.8 Å². The zero-order valence-corrected chi connectivity index (χ0v) is 23.1. The third-order valence-electron chi connectivity index (χ3n) is 6.96. The predicted molar refractivity (Wildman–Crippen MR) is 154 cm³/mol. The number of hydrogen-bond acceptors (Lipinski definition) is 8. The van der Waals surface area contributed by atoms with E-state index in [2.05, 4.69) is 43.4 Å². The van der Waals surface area contributed by atoms with Gasteiger partial charge in [0.15, 0.2) is 28.6 Å². The number of aliphatic carboxylic acids is 1. The van der Waals surface area contributed by atoms with Gasteiger partial charge in [0.2, 0.25) is 5.95 Å². The lowest BCUT2D eigenvalue weighted by Crippen LogP contribution is -2.37. The van der Waals surface area contributed by atoms with Gasteiger partial charge in [-0.05, 0) is 23.6 Å². The van der Waals surface area contributed by atoms with E-state index in [-0.39, 0.29) is 12.1 Å². The molecule has 1 fully saturated rings. The molecule has 0 amide bonds. The van der Waals surface area contributed by atoms with E-state index in [1.165, 1.54) is 6.07 Å². The molecule has 6 aromatic rings. The number of carboxylic acids is 1. The highest BCUT2D eigenvalue weighted by Gasteiger charge is 2.38. The van der Waals surface area contributed by atoms with Gasteiger partial charge >= 0.3 is 12.1 Å². The Kier molecular flexibility index (Phi) is 7.88. The standard InChI is InChI=1S/C27H22F2N8O.C2HF3O2/c28-18-8-9-19-23(22(18)29)33-21(32-19)14-30-25-24-26(35-27(34-25)36-10-12-38-13-11-36)37(15-31-24)20-7-3-5-16-4-1-2-6-17(16)20;3-2(4,5)1(6)7/h1-9,15H,10-14H2,(H,32,33)(H,30,34,35);(H,6,7). The van der Waals surface area contributed by atoms with Gasteiger partial charge in [-0.25, -0.2) is 23.5 Å². The maximum absolute atomic E-state index is 14.2. The van der Waals surface area contributed by atoms with Crippen LogP contribution in [0.2, 0.25) is 0 Å². The molecule has 16 heteroatoms. The van der Waals surface area contributed by atoms with Crippen molar-refractivity contribution in [3.63, 3.8) is 0 Å². The predicted octanol–water partition coefficient (Wildman–Crippen LogP) is 5.21. The smallest absolute Gasteiger partial charge is 0.475 e. The number of nitrogens with zero attached hydrogens (tertiary/aromatic N) is 6. The molecule has 0 radical (unpaired) electrons. The lowest BCUT2D eigenvalue weighted by atomic mass is 10.1. The number of benzene rings is 3. The molecule has 0 aliphatic carbocycles. The van der Waals surface area contributed by atoms with Crippen LogP contribution in [-0.2, 0) is 16.1 Å². The van der Waals surface area contributed by atoms with Crippen LogP contribution in [0.5, 0.6) is 0 Å². The number of morpholine rings is 1. The molecule has 1 saturated heterocycles. The summed E-state index contributed by atoms with van der Waals surface area (Å²) in [6, 6.07) is 16.8. The summed E-state index contributed by atoms with van der Waals surface area (Å²) >= 11 is 0. The van der Waals surface area contributed by atoms with Crippen LogP contribution in [0.4, 0.5) is 33.7 Å². The lowest BCUT2D eigenvalue weighted by Gasteiger charge is -2.27. The van der Waals surface area contributed by atoms with Crippen LogP contribution < -0.4 is 10.2 Å². The SMILES string of the molecule is Fc1ccc2[nH]c(CNc3nc(N4CCOCC4)nc4c3ncn4-c3cccc4ccccc34)nc2c1F.O=C(O)C(F)(F)F. The zero-order chi connectivity index (χ0) is 31.7. The molecule has 0 bridgehead atoms. The van der Waals surface area contributed by atoms with Crippen molar-refractivity contribution in [2.45, 2.75) is 12.7 Å². The van der Waals surface area contributed by atoms with Crippen LogP contribution >= 0.6 is 0 Å². The number of H-pyrrole nitrogens is 1. The monoisotopic (exact) mass is 626 g/mol. The molecule has 3 aromatic carbocycles. The van der Waals surface area contributed by atoms with Gasteiger partial charge < -0.3 is 25.0 Å². The van der Waals surface area contributed by atoms with E-state index in [9.17, 15) is 22.0 Å². The van der Waals surface area contributed by atoms with Crippen LogP contribution in [0.15, 0.2) is 60.9 Å². The number of fused-ring (bicyclic) bond motifs is 3. The third kappa shape index (κ3) is 6.04. The first-order valence-electron chi connectivity index (χ1n) is 13.5. The fourth-order valence-corrected chi connectivity index (χ4v) is 4.83. The van der Waals surface area contributed by atoms with Crippen molar-refractivity contribution in [3.8, 4) is 5.69 Å². The van der Waals surface area contributed by atoms with Gasteiger partial charge in [0.25, 0.3) is 0 Å². The second kappa shape index (κ2) is 12.0. The fourth-order valence-electron chi connectivity index (χ4n) is 4.83. The summed E-state index contributed by atoms with van der Waals surface area (Å²) in [7, 11) is 0. The molecule has 11 nitrogen and oxygen atoms in total. The van der Waals surface area contributed by atoms with Crippen molar-refractivity contribution < 1.29 is 36.6 Å². The highest BCUT2D eigenvalue weighted by Crippen LogP contribution is 2.29. The van der Waals surface area contributed by atoms with Gasteiger partial charge in [0.05, 0.1) is 31.0 Å². The van der Waals surface area contributed by atoms with Crippen LogP contribution in [0.25, 0.3) is 38.7 Å². The summed E-state index contributed by atoms with van der Waals surface area (Å²) in [4.78, 5) is 32.6. The molecule has 7 rings (SSSR count). The van der Waals surface area contributed by atoms with E-state index in [4.69, 9.17) is 24.6 Å². The summed E-state index contributed by atoms with van der Waals surface area (Å²) in [6.45, 7) is 2.72. The second-order valence-corrected chi connectivity index (χ2v) is 9.85. The zero-order valence-electron chi connectivity index (χ0n) is 23.1. The molecule has 45 heavy (non-hydrogen) atoms.